The number of fused-ring (bicyclic) bond motifs is 1. The maximum absolute atomic E-state index is 12.4. The average molecular weight is 291 g/mol. The van der Waals surface area contributed by atoms with E-state index in [-0.39, 0.29) is 5.91 Å². The number of alkyl carbamates (subject to hydrolysis) is 1. The number of amides is 2. The molecule has 0 spiro atoms. The quantitative estimate of drug-likeness (QED) is 0.903. The standard InChI is InChI=1S/C15H21N3O3/c1-5-18-12-10(7-6-8-16-12)9-11(13(18)19)17-14(20)21-15(2,3)4/h6-8,11H,5,9H2,1-4H3,(H,17,20). The van der Waals surface area contributed by atoms with Crippen LogP contribution in [0.4, 0.5) is 10.6 Å². The third kappa shape index (κ3) is 3.51. The van der Waals surface area contributed by atoms with E-state index >= 15 is 0 Å². The van der Waals surface area contributed by atoms with E-state index in [1.807, 2.05) is 19.1 Å². The summed E-state index contributed by atoms with van der Waals surface area (Å²) in [4.78, 5) is 30.1. The maximum atomic E-state index is 12.4. The van der Waals surface area contributed by atoms with Gasteiger partial charge in [0, 0.05) is 19.2 Å². The Balaban J connectivity index is 2.16. The van der Waals surface area contributed by atoms with Crippen LogP contribution in [0.5, 0.6) is 0 Å². The molecule has 114 valence electrons. The smallest absolute Gasteiger partial charge is 0.408 e. The fourth-order valence-corrected chi connectivity index (χ4v) is 2.30. The third-order valence-electron chi connectivity index (χ3n) is 3.12. The van der Waals surface area contributed by atoms with E-state index in [0.717, 1.165) is 5.56 Å². The summed E-state index contributed by atoms with van der Waals surface area (Å²) >= 11 is 0. The Hall–Kier alpha value is -2.11. The highest BCUT2D eigenvalue weighted by Gasteiger charge is 2.34. The molecule has 2 heterocycles. The second-order valence-electron chi connectivity index (χ2n) is 5.97. The number of ether oxygens (including phenoxy) is 1. The van der Waals surface area contributed by atoms with Crippen molar-refractivity contribution in [3.8, 4) is 0 Å². The molecule has 2 amide bonds. The predicted octanol–water partition coefficient (Wildman–Crippen LogP) is 1.88. The maximum Gasteiger partial charge on any atom is 0.408 e. The molecule has 1 aliphatic heterocycles. The summed E-state index contributed by atoms with van der Waals surface area (Å²) in [6.07, 6.45) is 1.51. The number of rotatable bonds is 2. The summed E-state index contributed by atoms with van der Waals surface area (Å²) in [5.74, 6) is 0.516. The van der Waals surface area contributed by atoms with Crippen molar-refractivity contribution in [1.82, 2.24) is 10.3 Å². The fraction of sp³-hybridized carbons (Fsp3) is 0.533. The third-order valence-corrected chi connectivity index (χ3v) is 3.12. The van der Waals surface area contributed by atoms with Gasteiger partial charge in [0.1, 0.15) is 17.5 Å². The summed E-state index contributed by atoms with van der Waals surface area (Å²) in [6, 6.07) is 3.13. The first-order valence-electron chi connectivity index (χ1n) is 7.06. The zero-order chi connectivity index (χ0) is 15.6. The molecule has 0 saturated carbocycles. The minimum atomic E-state index is -0.614. The molecule has 0 aliphatic carbocycles. The summed E-state index contributed by atoms with van der Waals surface area (Å²) in [6.45, 7) is 7.74. The number of nitrogens with zero attached hydrogens (tertiary/aromatic N) is 2. The first-order valence-corrected chi connectivity index (χ1v) is 7.06. The van der Waals surface area contributed by atoms with Crippen LogP contribution in [0.1, 0.15) is 33.3 Å². The number of hydrogen-bond donors (Lipinski definition) is 1. The molecule has 0 fully saturated rings. The molecule has 0 bridgehead atoms. The number of aromatic nitrogens is 1. The number of carbonyl (C=O) groups excluding carboxylic acids is 2. The van der Waals surface area contributed by atoms with Crippen LogP contribution >= 0.6 is 0 Å². The van der Waals surface area contributed by atoms with Gasteiger partial charge in [-0.2, -0.15) is 0 Å². The van der Waals surface area contributed by atoms with Crippen LogP contribution in [0.2, 0.25) is 0 Å². The van der Waals surface area contributed by atoms with Crippen molar-refractivity contribution in [2.45, 2.75) is 45.8 Å². The minimum Gasteiger partial charge on any atom is -0.444 e. The summed E-state index contributed by atoms with van der Waals surface area (Å²) < 4.78 is 5.21. The molecule has 0 saturated heterocycles. The first kappa shape index (κ1) is 15.3. The van der Waals surface area contributed by atoms with E-state index < -0.39 is 17.7 Å². The van der Waals surface area contributed by atoms with Crippen molar-refractivity contribution in [1.29, 1.82) is 0 Å². The van der Waals surface area contributed by atoms with Crippen molar-refractivity contribution in [3.63, 3.8) is 0 Å². The molecule has 1 aliphatic rings. The summed E-state index contributed by atoms with van der Waals surface area (Å²) in [5, 5.41) is 2.65. The molecular formula is C15H21N3O3. The zero-order valence-electron chi connectivity index (χ0n) is 12.8. The highest BCUT2D eigenvalue weighted by Crippen LogP contribution is 2.25. The van der Waals surface area contributed by atoms with E-state index in [2.05, 4.69) is 10.3 Å². The van der Waals surface area contributed by atoms with Gasteiger partial charge in [-0.05, 0) is 39.3 Å². The summed E-state index contributed by atoms with van der Waals surface area (Å²) in [5.41, 5.74) is 0.353. The van der Waals surface area contributed by atoms with Gasteiger partial charge in [0.25, 0.3) is 5.91 Å². The van der Waals surface area contributed by atoms with E-state index in [1.165, 1.54) is 0 Å². The Kier molecular flexibility index (Phi) is 4.16. The molecule has 1 unspecified atom stereocenters. The molecular weight excluding hydrogens is 270 g/mol. The molecule has 1 aromatic rings. The van der Waals surface area contributed by atoms with E-state index in [4.69, 9.17) is 4.74 Å². The number of likely N-dealkylation sites (N-methyl/N-ethyl adjacent to an activating group) is 1. The topological polar surface area (TPSA) is 71.5 Å². The Morgan fingerprint density at radius 2 is 2.24 bits per heavy atom. The van der Waals surface area contributed by atoms with Gasteiger partial charge in [-0.15, -0.1) is 0 Å². The van der Waals surface area contributed by atoms with Gasteiger partial charge in [0.05, 0.1) is 0 Å². The average Bonchev–Trinajstić information content (AvgIpc) is 2.37. The van der Waals surface area contributed by atoms with Crippen LogP contribution < -0.4 is 10.2 Å². The van der Waals surface area contributed by atoms with Crippen LogP contribution in [-0.2, 0) is 16.0 Å². The Labute approximate surface area is 124 Å². The Morgan fingerprint density at radius 1 is 1.52 bits per heavy atom. The molecule has 1 aromatic heterocycles. The molecule has 0 aromatic carbocycles. The van der Waals surface area contributed by atoms with Gasteiger partial charge in [-0.1, -0.05) is 6.07 Å². The van der Waals surface area contributed by atoms with Gasteiger partial charge in [-0.25, -0.2) is 9.78 Å². The Morgan fingerprint density at radius 3 is 2.86 bits per heavy atom. The SMILES string of the molecule is CCN1C(=O)C(NC(=O)OC(C)(C)C)Cc2cccnc21. The number of anilines is 1. The van der Waals surface area contributed by atoms with E-state index in [0.29, 0.717) is 18.8 Å². The van der Waals surface area contributed by atoms with E-state index in [1.54, 1.807) is 31.9 Å². The second-order valence-corrected chi connectivity index (χ2v) is 5.97. The van der Waals surface area contributed by atoms with Crippen LogP contribution in [0.3, 0.4) is 0 Å². The normalized spacial score (nSPS) is 18.2. The lowest BCUT2D eigenvalue weighted by Crippen LogP contribution is -2.53. The molecule has 1 N–H and O–H groups in total. The van der Waals surface area contributed by atoms with Gasteiger partial charge in [0.2, 0.25) is 0 Å². The number of nitrogens with one attached hydrogen (secondary N) is 1. The lowest BCUT2D eigenvalue weighted by atomic mass is 10.0. The molecule has 6 nitrogen and oxygen atoms in total. The number of hydrogen-bond acceptors (Lipinski definition) is 4. The first-order chi connectivity index (χ1) is 9.81. The van der Waals surface area contributed by atoms with Crippen LogP contribution in [0.25, 0.3) is 0 Å². The highest BCUT2D eigenvalue weighted by molar-refractivity contribution is 6.00. The van der Waals surface area contributed by atoms with Crippen molar-refractivity contribution in [2.75, 3.05) is 11.4 Å². The zero-order valence-corrected chi connectivity index (χ0v) is 12.8. The van der Waals surface area contributed by atoms with Crippen molar-refractivity contribution >= 4 is 17.8 Å². The van der Waals surface area contributed by atoms with Crippen LogP contribution in [-0.4, -0.2) is 35.2 Å². The van der Waals surface area contributed by atoms with Gasteiger partial charge < -0.3 is 10.1 Å². The monoisotopic (exact) mass is 291 g/mol. The van der Waals surface area contributed by atoms with Gasteiger partial charge in [-0.3, -0.25) is 9.69 Å². The predicted molar refractivity (Wildman–Crippen MR) is 79.1 cm³/mol. The minimum absolute atomic E-state index is 0.158. The number of pyridine rings is 1. The van der Waals surface area contributed by atoms with Crippen molar-refractivity contribution in [2.24, 2.45) is 0 Å². The second kappa shape index (κ2) is 5.71. The van der Waals surface area contributed by atoms with Crippen LogP contribution in [0.15, 0.2) is 18.3 Å². The Bertz CT molecular complexity index is 551. The van der Waals surface area contributed by atoms with Crippen molar-refractivity contribution < 1.29 is 14.3 Å². The van der Waals surface area contributed by atoms with Gasteiger partial charge >= 0.3 is 6.09 Å². The highest BCUT2D eigenvalue weighted by atomic mass is 16.6. The molecule has 6 heteroatoms. The molecule has 1 atom stereocenters. The lowest BCUT2D eigenvalue weighted by molar-refractivity contribution is -0.121. The molecule has 21 heavy (non-hydrogen) atoms. The van der Waals surface area contributed by atoms with Crippen molar-refractivity contribution in [3.05, 3.63) is 23.9 Å². The lowest BCUT2D eigenvalue weighted by Gasteiger charge is -2.33. The molecule has 0 radical (unpaired) electrons. The number of carbonyl (C=O) groups is 2. The molecule has 2 rings (SSSR count). The summed E-state index contributed by atoms with van der Waals surface area (Å²) in [7, 11) is 0. The van der Waals surface area contributed by atoms with Crippen LogP contribution in [0, 0.1) is 0 Å². The van der Waals surface area contributed by atoms with Gasteiger partial charge in [0.15, 0.2) is 0 Å². The fourth-order valence-electron chi connectivity index (χ4n) is 2.30. The largest absolute Gasteiger partial charge is 0.444 e. The van der Waals surface area contributed by atoms with E-state index in [9.17, 15) is 9.59 Å².